The molecule has 1 aliphatic heterocycles. The largest absolute Gasteiger partial charge is 0.488 e. The molecule has 0 saturated carbocycles. The summed E-state index contributed by atoms with van der Waals surface area (Å²) in [5.41, 5.74) is 3.44. The molecule has 2 heterocycles. The Morgan fingerprint density at radius 3 is 2.39 bits per heavy atom. The van der Waals surface area contributed by atoms with Crippen molar-refractivity contribution in [2.45, 2.75) is 19.6 Å². The van der Waals surface area contributed by atoms with Crippen molar-refractivity contribution in [1.82, 2.24) is 4.57 Å². The lowest BCUT2D eigenvalue weighted by atomic mass is 9.93. The molecule has 0 amide bonds. The van der Waals surface area contributed by atoms with Gasteiger partial charge in [0.05, 0.1) is 28.5 Å². The number of benzene rings is 4. The topological polar surface area (TPSA) is 69.9 Å². The number of thiazole rings is 1. The monoisotopic (exact) mass is 640 g/mol. The molecule has 5 aromatic rings. The first-order valence-corrected chi connectivity index (χ1v) is 15.5. The maximum absolute atomic E-state index is 14.2. The lowest BCUT2D eigenvalue weighted by Gasteiger charge is -2.25. The van der Waals surface area contributed by atoms with Gasteiger partial charge in [0.25, 0.3) is 5.56 Å². The molecule has 0 aliphatic carbocycles. The van der Waals surface area contributed by atoms with E-state index in [1.165, 1.54) is 11.3 Å². The summed E-state index contributed by atoms with van der Waals surface area (Å²) in [4.78, 5) is 33.1. The van der Waals surface area contributed by atoms with Gasteiger partial charge in [-0.15, -0.1) is 0 Å². The van der Waals surface area contributed by atoms with E-state index in [9.17, 15) is 9.59 Å². The number of esters is 1. The molecule has 1 atom stereocenters. The molecule has 0 fully saturated rings. The number of fused-ring (bicyclic) bond motifs is 1. The zero-order valence-corrected chi connectivity index (χ0v) is 25.9. The minimum Gasteiger partial charge on any atom is -0.488 e. The molecule has 1 aliphatic rings. The molecule has 0 radical (unpaired) electrons. The second-order valence-electron chi connectivity index (χ2n) is 9.90. The summed E-state index contributed by atoms with van der Waals surface area (Å²) in [6, 6.07) is 30.8. The quantitative estimate of drug-likeness (QED) is 0.175. The number of nitrogens with zero attached hydrogens (tertiary/aromatic N) is 2. The van der Waals surface area contributed by atoms with Crippen molar-refractivity contribution in [3.63, 3.8) is 0 Å². The summed E-state index contributed by atoms with van der Waals surface area (Å²) in [7, 11) is 0. The van der Waals surface area contributed by atoms with Gasteiger partial charge in [0.15, 0.2) is 4.80 Å². The van der Waals surface area contributed by atoms with Crippen LogP contribution >= 0.6 is 34.5 Å². The summed E-state index contributed by atoms with van der Waals surface area (Å²) in [5.74, 6) is 0.0142. The fourth-order valence-electron chi connectivity index (χ4n) is 5.07. The first kappa shape index (κ1) is 29.6. The van der Waals surface area contributed by atoms with Crippen molar-refractivity contribution in [3.8, 4) is 5.75 Å². The molecule has 9 heteroatoms. The van der Waals surface area contributed by atoms with Gasteiger partial charge in [-0.25, -0.2) is 9.79 Å². The van der Waals surface area contributed by atoms with Crippen molar-refractivity contribution in [2.75, 3.05) is 6.61 Å². The third kappa shape index (κ3) is 5.99. The van der Waals surface area contributed by atoms with Crippen LogP contribution in [-0.2, 0) is 16.1 Å². The minimum absolute atomic E-state index is 0.183. The smallest absolute Gasteiger partial charge is 0.338 e. The molecule has 44 heavy (non-hydrogen) atoms. The second-order valence-corrected chi connectivity index (χ2v) is 11.8. The molecule has 0 N–H and O–H groups in total. The average Bonchev–Trinajstić information content (AvgIpc) is 3.35. The minimum atomic E-state index is -0.751. The standard InChI is InChI=1S/C35H26Cl2N2O4S/c1-2-42-34(41)30-31(22-11-5-3-6-12-22)38-35-39(32(30)23-13-7-4-8-14-23)33(40)29(44-35)20-25-19-26(36)17-18-28(25)43-21-24-15-9-10-16-27(24)37/h3-20,32H,2,21H2,1H3/b29-20-/t32-/m0/s1. The second kappa shape index (κ2) is 13.1. The summed E-state index contributed by atoms with van der Waals surface area (Å²) >= 11 is 14.0. The summed E-state index contributed by atoms with van der Waals surface area (Å²) in [5, 5.41) is 1.09. The number of hydrogen-bond donors (Lipinski definition) is 0. The molecule has 0 spiro atoms. The zero-order valence-electron chi connectivity index (χ0n) is 23.6. The Hall–Kier alpha value is -4.43. The molecule has 1 aromatic heterocycles. The van der Waals surface area contributed by atoms with Crippen LogP contribution in [0.3, 0.4) is 0 Å². The fourth-order valence-corrected chi connectivity index (χ4v) is 6.43. The van der Waals surface area contributed by atoms with E-state index < -0.39 is 12.0 Å². The third-order valence-electron chi connectivity index (χ3n) is 7.09. The van der Waals surface area contributed by atoms with Crippen LogP contribution in [0.25, 0.3) is 11.8 Å². The highest BCUT2D eigenvalue weighted by Gasteiger charge is 2.35. The van der Waals surface area contributed by atoms with Crippen LogP contribution in [0.5, 0.6) is 5.75 Å². The molecular weight excluding hydrogens is 615 g/mol. The molecule has 6 nitrogen and oxygen atoms in total. The van der Waals surface area contributed by atoms with Crippen molar-refractivity contribution in [3.05, 3.63) is 161 Å². The van der Waals surface area contributed by atoms with E-state index in [-0.39, 0.29) is 18.8 Å². The van der Waals surface area contributed by atoms with E-state index >= 15 is 0 Å². The van der Waals surface area contributed by atoms with Crippen LogP contribution < -0.4 is 19.6 Å². The van der Waals surface area contributed by atoms with E-state index in [0.717, 1.165) is 16.7 Å². The summed E-state index contributed by atoms with van der Waals surface area (Å²) in [6.07, 6.45) is 1.75. The number of aromatic nitrogens is 1. The van der Waals surface area contributed by atoms with Crippen LogP contribution in [0.1, 0.15) is 35.2 Å². The summed E-state index contributed by atoms with van der Waals surface area (Å²) < 4.78 is 13.6. The van der Waals surface area contributed by atoms with E-state index in [1.807, 2.05) is 78.9 Å². The Balaban J connectivity index is 1.53. The van der Waals surface area contributed by atoms with Crippen molar-refractivity contribution < 1.29 is 14.3 Å². The molecule has 220 valence electrons. The normalized spacial score (nSPS) is 14.6. The Morgan fingerprint density at radius 2 is 1.66 bits per heavy atom. The summed E-state index contributed by atoms with van der Waals surface area (Å²) in [6.45, 7) is 2.17. The first-order chi connectivity index (χ1) is 21.4. The van der Waals surface area contributed by atoms with Crippen LogP contribution in [0.2, 0.25) is 10.0 Å². The SMILES string of the molecule is CCOC(=O)C1=C(c2ccccc2)N=c2s/c(=C\c3cc(Cl)ccc3OCc3ccccc3Cl)c(=O)n2[C@H]1c1ccccc1. The number of carbonyl (C=O) groups is 1. The lowest BCUT2D eigenvalue weighted by Crippen LogP contribution is -2.40. The lowest BCUT2D eigenvalue weighted by molar-refractivity contribution is -0.138. The highest BCUT2D eigenvalue weighted by molar-refractivity contribution is 7.07. The van der Waals surface area contributed by atoms with Crippen molar-refractivity contribution >= 4 is 52.3 Å². The van der Waals surface area contributed by atoms with Crippen LogP contribution in [-0.4, -0.2) is 17.1 Å². The highest BCUT2D eigenvalue weighted by atomic mass is 35.5. The molecule has 0 saturated heterocycles. The van der Waals surface area contributed by atoms with E-state index in [0.29, 0.717) is 42.0 Å². The Morgan fingerprint density at radius 1 is 0.955 bits per heavy atom. The van der Waals surface area contributed by atoms with Gasteiger partial charge >= 0.3 is 5.97 Å². The molecule has 4 aromatic carbocycles. The maximum Gasteiger partial charge on any atom is 0.338 e. The van der Waals surface area contributed by atoms with Gasteiger partial charge in [-0.3, -0.25) is 9.36 Å². The number of hydrogen-bond acceptors (Lipinski definition) is 6. The number of rotatable bonds is 8. The molecule has 6 rings (SSSR count). The number of carbonyl (C=O) groups excluding carboxylic acids is 1. The van der Waals surface area contributed by atoms with Crippen molar-refractivity contribution in [2.24, 2.45) is 4.99 Å². The van der Waals surface area contributed by atoms with E-state index in [1.54, 1.807) is 41.8 Å². The van der Waals surface area contributed by atoms with Gasteiger partial charge in [0, 0.05) is 26.7 Å². The number of ether oxygens (including phenoxy) is 2. The van der Waals surface area contributed by atoms with Gasteiger partial charge in [0.2, 0.25) is 0 Å². The maximum atomic E-state index is 14.2. The van der Waals surface area contributed by atoms with E-state index in [2.05, 4.69) is 0 Å². The first-order valence-electron chi connectivity index (χ1n) is 13.9. The fraction of sp³-hybridized carbons (Fsp3) is 0.114. The van der Waals surface area contributed by atoms with Crippen LogP contribution in [0.4, 0.5) is 0 Å². The molecule has 0 unspecified atom stereocenters. The Labute approximate surface area is 267 Å². The predicted molar refractivity (Wildman–Crippen MR) is 175 cm³/mol. The average molecular weight is 642 g/mol. The molecule has 0 bridgehead atoms. The van der Waals surface area contributed by atoms with E-state index in [4.69, 9.17) is 37.7 Å². The Bertz CT molecular complexity index is 2050. The van der Waals surface area contributed by atoms with Crippen LogP contribution in [0, 0.1) is 0 Å². The van der Waals surface area contributed by atoms with Crippen molar-refractivity contribution in [1.29, 1.82) is 0 Å². The van der Waals surface area contributed by atoms with Gasteiger partial charge in [-0.05, 0) is 42.8 Å². The predicted octanol–water partition coefficient (Wildman–Crippen LogP) is 6.82. The Kier molecular flexibility index (Phi) is 8.79. The highest BCUT2D eigenvalue weighted by Crippen LogP contribution is 2.35. The van der Waals surface area contributed by atoms with Gasteiger partial charge in [-0.1, -0.05) is 113 Å². The third-order valence-corrected chi connectivity index (χ3v) is 8.68. The van der Waals surface area contributed by atoms with Gasteiger partial charge in [0.1, 0.15) is 12.4 Å². The molecular formula is C35H26Cl2N2O4S. The van der Waals surface area contributed by atoms with Gasteiger partial charge < -0.3 is 9.47 Å². The van der Waals surface area contributed by atoms with Gasteiger partial charge in [-0.2, -0.15) is 0 Å². The zero-order chi connectivity index (χ0) is 30.6. The van der Waals surface area contributed by atoms with Crippen LogP contribution in [0.15, 0.2) is 118 Å². The number of halogens is 2.